The second-order valence-electron chi connectivity index (χ2n) is 6.55. The molecule has 0 aromatic carbocycles. The van der Waals surface area contributed by atoms with Gasteiger partial charge in [0.25, 0.3) is 0 Å². The fourth-order valence-corrected chi connectivity index (χ4v) is 3.66. The number of nitrogens with zero attached hydrogens (tertiary/aromatic N) is 2. The number of amides is 2. The number of carbonyl (C=O) groups excluding carboxylic acids is 2. The van der Waals surface area contributed by atoms with E-state index in [0.717, 1.165) is 45.2 Å². The van der Waals surface area contributed by atoms with Crippen LogP contribution in [0.5, 0.6) is 0 Å². The van der Waals surface area contributed by atoms with Crippen molar-refractivity contribution in [2.75, 3.05) is 19.6 Å². The summed E-state index contributed by atoms with van der Waals surface area (Å²) < 4.78 is 0. The van der Waals surface area contributed by atoms with Crippen LogP contribution in [0.25, 0.3) is 0 Å². The van der Waals surface area contributed by atoms with Gasteiger partial charge >= 0.3 is 0 Å². The monoisotopic (exact) mass is 305 g/mol. The lowest BCUT2D eigenvalue weighted by Crippen LogP contribution is -2.46. The van der Waals surface area contributed by atoms with Gasteiger partial charge in [-0.3, -0.25) is 9.59 Å². The number of carbonyl (C=O) groups is 2. The van der Waals surface area contributed by atoms with Crippen molar-refractivity contribution in [3.8, 4) is 6.07 Å². The summed E-state index contributed by atoms with van der Waals surface area (Å²) in [4.78, 5) is 27.0. The average molecular weight is 305 g/mol. The van der Waals surface area contributed by atoms with Crippen LogP contribution in [-0.4, -0.2) is 36.3 Å². The molecule has 1 saturated carbocycles. The molecular formula is C17H27N3O2. The normalized spacial score (nSPS) is 21.0. The van der Waals surface area contributed by atoms with Crippen LogP contribution in [0.4, 0.5) is 0 Å². The summed E-state index contributed by atoms with van der Waals surface area (Å²) in [6.07, 6.45) is 9.78. The van der Waals surface area contributed by atoms with Crippen molar-refractivity contribution in [1.82, 2.24) is 10.2 Å². The highest BCUT2D eigenvalue weighted by Gasteiger charge is 2.33. The molecule has 122 valence electrons. The van der Waals surface area contributed by atoms with Crippen LogP contribution in [0.3, 0.4) is 0 Å². The van der Waals surface area contributed by atoms with E-state index in [1.807, 2.05) is 11.0 Å². The number of hydrogen-bond acceptors (Lipinski definition) is 3. The van der Waals surface area contributed by atoms with E-state index in [1.54, 1.807) is 0 Å². The smallest absolute Gasteiger partial charge is 0.235 e. The fraction of sp³-hybridized carbons (Fsp3) is 0.824. The van der Waals surface area contributed by atoms with E-state index in [9.17, 15) is 9.59 Å². The molecular weight excluding hydrogens is 278 g/mol. The van der Waals surface area contributed by atoms with Crippen LogP contribution in [0, 0.1) is 23.2 Å². The zero-order chi connectivity index (χ0) is 15.8. The first-order valence-electron chi connectivity index (χ1n) is 8.66. The zero-order valence-corrected chi connectivity index (χ0v) is 13.4. The molecule has 1 aliphatic heterocycles. The number of nitriles is 1. The minimum atomic E-state index is -0.602. The molecule has 0 radical (unpaired) electrons. The Morgan fingerprint density at radius 3 is 2.36 bits per heavy atom. The van der Waals surface area contributed by atoms with E-state index in [4.69, 9.17) is 5.26 Å². The third-order valence-electron chi connectivity index (χ3n) is 4.92. The minimum absolute atomic E-state index is 0.0206. The first-order chi connectivity index (χ1) is 10.7. The van der Waals surface area contributed by atoms with Crippen molar-refractivity contribution in [2.45, 2.75) is 57.8 Å². The predicted molar refractivity (Wildman–Crippen MR) is 83.7 cm³/mol. The van der Waals surface area contributed by atoms with Crippen molar-refractivity contribution in [1.29, 1.82) is 5.26 Å². The molecule has 0 aromatic rings. The zero-order valence-electron chi connectivity index (χ0n) is 13.4. The molecule has 1 unspecified atom stereocenters. The van der Waals surface area contributed by atoms with Crippen molar-refractivity contribution in [2.24, 2.45) is 11.8 Å². The average Bonchev–Trinajstić information content (AvgIpc) is 2.58. The molecule has 1 atom stereocenters. The fourth-order valence-electron chi connectivity index (χ4n) is 3.66. The summed E-state index contributed by atoms with van der Waals surface area (Å²) in [7, 11) is 0. The summed E-state index contributed by atoms with van der Waals surface area (Å²) >= 11 is 0. The lowest BCUT2D eigenvalue weighted by molar-refractivity contribution is -0.143. The maximum absolute atomic E-state index is 12.8. The number of rotatable bonds is 5. The Hall–Kier alpha value is -1.57. The highest BCUT2D eigenvalue weighted by Crippen LogP contribution is 2.30. The number of hydrogen-bond donors (Lipinski definition) is 1. The van der Waals surface area contributed by atoms with Crippen molar-refractivity contribution >= 4 is 11.8 Å². The molecule has 1 heterocycles. The molecule has 1 N–H and O–H groups in total. The Balaban J connectivity index is 2.00. The summed E-state index contributed by atoms with van der Waals surface area (Å²) in [5, 5.41) is 11.2. The van der Waals surface area contributed by atoms with Gasteiger partial charge < -0.3 is 10.2 Å². The Morgan fingerprint density at radius 1 is 1.09 bits per heavy atom. The third kappa shape index (κ3) is 4.72. The van der Waals surface area contributed by atoms with Crippen LogP contribution in [0.2, 0.25) is 0 Å². The molecule has 2 aliphatic rings. The summed E-state index contributed by atoms with van der Waals surface area (Å²) in [6.45, 7) is 1.52. The van der Waals surface area contributed by atoms with Crippen LogP contribution in [-0.2, 0) is 9.59 Å². The molecule has 2 rings (SSSR count). The van der Waals surface area contributed by atoms with Gasteiger partial charge in [-0.2, -0.15) is 5.26 Å². The maximum Gasteiger partial charge on any atom is 0.235 e. The molecule has 0 spiro atoms. The van der Waals surface area contributed by atoms with Crippen LogP contribution >= 0.6 is 0 Å². The molecule has 2 amide bonds. The van der Waals surface area contributed by atoms with E-state index in [2.05, 4.69) is 5.32 Å². The van der Waals surface area contributed by atoms with Gasteiger partial charge in [-0.1, -0.05) is 32.1 Å². The van der Waals surface area contributed by atoms with Gasteiger partial charge in [0.1, 0.15) is 12.5 Å². The largest absolute Gasteiger partial charge is 0.342 e. The van der Waals surface area contributed by atoms with Gasteiger partial charge in [0.05, 0.1) is 6.07 Å². The Morgan fingerprint density at radius 2 is 1.73 bits per heavy atom. The second-order valence-corrected chi connectivity index (χ2v) is 6.55. The van der Waals surface area contributed by atoms with Gasteiger partial charge in [0.2, 0.25) is 11.8 Å². The van der Waals surface area contributed by atoms with Crippen molar-refractivity contribution < 1.29 is 9.59 Å². The van der Waals surface area contributed by atoms with E-state index in [1.165, 1.54) is 19.3 Å². The van der Waals surface area contributed by atoms with Crippen LogP contribution in [0.1, 0.15) is 57.8 Å². The number of nitrogens with one attached hydrogen (secondary N) is 1. The van der Waals surface area contributed by atoms with E-state index in [0.29, 0.717) is 12.3 Å². The van der Waals surface area contributed by atoms with Gasteiger partial charge in [-0.15, -0.1) is 0 Å². The highest BCUT2D eigenvalue weighted by molar-refractivity contribution is 6.00. The first-order valence-corrected chi connectivity index (χ1v) is 8.66. The van der Waals surface area contributed by atoms with Crippen LogP contribution < -0.4 is 5.32 Å². The number of likely N-dealkylation sites (tertiary alicyclic amines) is 1. The van der Waals surface area contributed by atoms with Gasteiger partial charge in [-0.25, -0.2) is 0 Å². The van der Waals surface area contributed by atoms with Gasteiger partial charge in [0, 0.05) is 13.1 Å². The Bertz CT molecular complexity index is 418. The summed E-state index contributed by atoms with van der Waals surface area (Å²) in [5.41, 5.74) is 0. The van der Waals surface area contributed by atoms with Crippen molar-refractivity contribution in [3.63, 3.8) is 0 Å². The van der Waals surface area contributed by atoms with E-state index < -0.39 is 5.92 Å². The van der Waals surface area contributed by atoms with E-state index >= 15 is 0 Å². The number of piperidine rings is 1. The second kappa shape index (κ2) is 8.77. The van der Waals surface area contributed by atoms with Gasteiger partial charge in [0.15, 0.2) is 0 Å². The SMILES string of the molecule is N#CCNC(=O)C(CC1CCCCC1)C(=O)N1CCCCC1. The Kier molecular flexibility index (Phi) is 6.70. The lowest BCUT2D eigenvalue weighted by atomic mass is 9.82. The third-order valence-corrected chi connectivity index (χ3v) is 4.92. The molecule has 0 aromatic heterocycles. The lowest BCUT2D eigenvalue weighted by Gasteiger charge is -2.32. The minimum Gasteiger partial charge on any atom is -0.342 e. The van der Waals surface area contributed by atoms with Gasteiger partial charge in [-0.05, 0) is 31.6 Å². The maximum atomic E-state index is 12.8. The molecule has 5 heteroatoms. The molecule has 0 bridgehead atoms. The standard InChI is InChI=1S/C17H27N3O2/c18-9-10-19-16(21)15(13-14-7-3-1-4-8-14)17(22)20-11-5-2-6-12-20/h14-15H,1-8,10-13H2,(H,19,21). The molecule has 1 aliphatic carbocycles. The van der Waals surface area contributed by atoms with Crippen molar-refractivity contribution in [3.05, 3.63) is 0 Å². The highest BCUT2D eigenvalue weighted by atomic mass is 16.2. The summed E-state index contributed by atoms with van der Waals surface area (Å²) in [5.74, 6) is -0.418. The molecule has 2 fully saturated rings. The topological polar surface area (TPSA) is 73.2 Å². The van der Waals surface area contributed by atoms with E-state index in [-0.39, 0.29) is 18.4 Å². The molecule has 5 nitrogen and oxygen atoms in total. The molecule has 22 heavy (non-hydrogen) atoms. The Labute approximate surface area is 133 Å². The summed E-state index contributed by atoms with van der Waals surface area (Å²) in [6, 6.07) is 1.92. The quantitative estimate of drug-likeness (QED) is 0.625. The molecule has 1 saturated heterocycles. The predicted octanol–water partition coefficient (Wildman–Crippen LogP) is 2.23. The first kappa shape index (κ1) is 16.8. The van der Waals surface area contributed by atoms with Crippen LogP contribution in [0.15, 0.2) is 0 Å².